The number of methoxy groups -OCH3 is 1. The molecule has 1 N–H and O–H groups in total. The molecule has 0 fully saturated rings. The van der Waals surface area contributed by atoms with Crippen LogP contribution in [0, 0.1) is 0 Å². The van der Waals surface area contributed by atoms with Crippen molar-refractivity contribution in [1.82, 2.24) is 14.4 Å². The summed E-state index contributed by atoms with van der Waals surface area (Å²) >= 11 is 0. The number of fused-ring (bicyclic) bond motifs is 2. The molecule has 0 radical (unpaired) electrons. The van der Waals surface area contributed by atoms with Crippen LogP contribution in [0.1, 0.15) is 10.4 Å². The first-order valence-electron chi connectivity index (χ1n) is 7.87. The molecular weight excluding hydrogens is 332 g/mol. The second kappa shape index (κ2) is 6.29. The summed E-state index contributed by atoms with van der Waals surface area (Å²) in [4.78, 5) is 32.9. The van der Waals surface area contributed by atoms with Gasteiger partial charge in [-0.3, -0.25) is 19.0 Å². The fourth-order valence-electron chi connectivity index (χ4n) is 2.80. The van der Waals surface area contributed by atoms with E-state index in [-0.39, 0.29) is 11.4 Å². The number of aromatic nitrogens is 3. The number of pyridine rings is 2. The SMILES string of the molecule is COc1cccn2c(=O)c(C=O)c(Nc3ccc4ncccc4c3)nc12. The molecule has 0 unspecified atom stereocenters. The molecule has 0 amide bonds. The van der Waals surface area contributed by atoms with Crippen molar-refractivity contribution >= 4 is 34.3 Å². The molecule has 26 heavy (non-hydrogen) atoms. The van der Waals surface area contributed by atoms with Gasteiger partial charge in [0.25, 0.3) is 5.56 Å². The summed E-state index contributed by atoms with van der Waals surface area (Å²) in [6, 6.07) is 12.7. The van der Waals surface area contributed by atoms with E-state index < -0.39 is 5.56 Å². The summed E-state index contributed by atoms with van der Waals surface area (Å²) < 4.78 is 6.56. The Morgan fingerprint density at radius 3 is 2.88 bits per heavy atom. The first-order chi connectivity index (χ1) is 12.7. The highest BCUT2D eigenvalue weighted by molar-refractivity contribution is 5.87. The van der Waals surface area contributed by atoms with Gasteiger partial charge in [-0.1, -0.05) is 6.07 Å². The van der Waals surface area contributed by atoms with Crippen LogP contribution in [-0.2, 0) is 0 Å². The van der Waals surface area contributed by atoms with Gasteiger partial charge in [0.2, 0.25) is 0 Å². The van der Waals surface area contributed by atoms with E-state index in [0.29, 0.717) is 23.4 Å². The molecule has 3 heterocycles. The molecule has 0 saturated carbocycles. The molecule has 3 aromatic heterocycles. The molecule has 0 bridgehead atoms. The normalized spacial score (nSPS) is 10.8. The Balaban J connectivity index is 1.89. The fourth-order valence-corrected chi connectivity index (χ4v) is 2.80. The number of rotatable bonds is 4. The Bertz CT molecular complexity index is 1200. The lowest BCUT2D eigenvalue weighted by atomic mass is 10.2. The number of hydrogen-bond acceptors (Lipinski definition) is 6. The van der Waals surface area contributed by atoms with Crippen molar-refractivity contribution in [2.45, 2.75) is 0 Å². The lowest BCUT2D eigenvalue weighted by molar-refractivity contribution is 0.112. The van der Waals surface area contributed by atoms with Crippen molar-refractivity contribution in [2.24, 2.45) is 0 Å². The first-order valence-corrected chi connectivity index (χ1v) is 7.87. The summed E-state index contributed by atoms with van der Waals surface area (Å²) in [5.41, 5.74) is 1.35. The number of anilines is 2. The van der Waals surface area contributed by atoms with Crippen LogP contribution < -0.4 is 15.6 Å². The molecule has 0 atom stereocenters. The van der Waals surface area contributed by atoms with Gasteiger partial charge in [0, 0.05) is 23.5 Å². The molecule has 0 saturated heterocycles. The maximum Gasteiger partial charge on any atom is 0.270 e. The third kappa shape index (κ3) is 2.55. The van der Waals surface area contributed by atoms with Gasteiger partial charge < -0.3 is 10.1 Å². The Morgan fingerprint density at radius 1 is 1.19 bits per heavy atom. The number of benzene rings is 1. The molecule has 7 nitrogen and oxygen atoms in total. The highest BCUT2D eigenvalue weighted by Gasteiger charge is 2.15. The number of hydrogen-bond donors (Lipinski definition) is 1. The highest BCUT2D eigenvalue weighted by atomic mass is 16.5. The molecule has 1 aromatic carbocycles. The largest absolute Gasteiger partial charge is 0.493 e. The summed E-state index contributed by atoms with van der Waals surface area (Å²) in [7, 11) is 1.50. The van der Waals surface area contributed by atoms with Gasteiger partial charge in [-0.2, -0.15) is 0 Å². The second-order valence-electron chi connectivity index (χ2n) is 5.60. The van der Waals surface area contributed by atoms with E-state index in [4.69, 9.17) is 4.74 Å². The number of aldehydes is 1. The Labute approximate surface area is 147 Å². The van der Waals surface area contributed by atoms with Crippen LogP contribution >= 0.6 is 0 Å². The zero-order valence-electron chi connectivity index (χ0n) is 13.8. The monoisotopic (exact) mass is 346 g/mol. The van der Waals surface area contributed by atoms with Crippen LogP contribution in [0.5, 0.6) is 5.75 Å². The van der Waals surface area contributed by atoms with E-state index in [9.17, 15) is 9.59 Å². The lowest BCUT2D eigenvalue weighted by Gasteiger charge is -2.12. The van der Waals surface area contributed by atoms with Crippen LogP contribution in [0.2, 0.25) is 0 Å². The van der Waals surface area contributed by atoms with Crippen LogP contribution in [0.25, 0.3) is 16.6 Å². The van der Waals surface area contributed by atoms with Crippen molar-refractivity contribution in [3.05, 3.63) is 70.8 Å². The van der Waals surface area contributed by atoms with Crippen molar-refractivity contribution in [2.75, 3.05) is 12.4 Å². The molecule has 0 aliphatic heterocycles. The summed E-state index contributed by atoms with van der Waals surface area (Å²) in [5, 5.41) is 3.99. The van der Waals surface area contributed by atoms with E-state index in [1.165, 1.54) is 11.5 Å². The van der Waals surface area contributed by atoms with E-state index in [1.54, 1.807) is 24.5 Å². The number of nitrogens with zero attached hydrogens (tertiary/aromatic N) is 3. The topological polar surface area (TPSA) is 85.6 Å². The molecule has 7 heteroatoms. The Kier molecular flexibility index (Phi) is 3.81. The summed E-state index contributed by atoms with van der Waals surface area (Å²) in [6.07, 6.45) is 3.77. The van der Waals surface area contributed by atoms with Gasteiger partial charge in [-0.25, -0.2) is 4.98 Å². The first kappa shape index (κ1) is 15.8. The van der Waals surface area contributed by atoms with E-state index >= 15 is 0 Å². The third-order valence-electron chi connectivity index (χ3n) is 4.06. The zero-order valence-corrected chi connectivity index (χ0v) is 13.8. The van der Waals surface area contributed by atoms with Crippen LogP contribution in [0.4, 0.5) is 11.5 Å². The fraction of sp³-hybridized carbons (Fsp3) is 0.0526. The van der Waals surface area contributed by atoms with Crippen molar-refractivity contribution < 1.29 is 9.53 Å². The number of nitrogens with one attached hydrogen (secondary N) is 1. The maximum absolute atomic E-state index is 12.6. The number of ether oxygens (including phenoxy) is 1. The van der Waals surface area contributed by atoms with Crippen LogP contribution in [0.15, 0.2) is 59.7 Å². The van der Waals surface area contributed by atoms with Crippen molar-refractivity contribution in [3.8, 4) is 5.75 Å². The number of carbonyl (C=O) groups is 1. The quantitative estimate of drug-likeness (QED) is 0.572. The average Bonchev–Trinajstić information content (AvgIpc) is 2.68. The van der Waals surface area contributed by atoms with Gasteiger partial charge in [0.05, 0.1) is 12.6 Å². The Morgan fingerprint density at radius 2 is 2.08 bits per heavy atom. The zero-order chi connectivity index (χ0) is 18.1. The minimum Gasteiger partial charge on any atom is -0.493 e. The lowest BCUT2D eigenvalue weighted by Crippen LogP contribution is -2.21. The number of carbonyl (C=O) groups excluding carboxylic acids is 1. The van der Waals surface area contributed by atoms with Gasteiger partial charge in [-0.05, 0) is 36.4 Å². The van der Waals surface area contributed by atoms with Crippen LogP contribution in [-0.4, -0.2) is 27.8 Å². The highest BCUT2D eigenvalue weighted by Crippen LogP contribution is 2.23. The predicted molar refractivity (Wildman–Crippen MR) is 98.4 cm³/mol. The minimum atomic E-state index is -0.464. The summed E-state index contributed by atoms with van der Waals surface area (Å²) in [5.74, 6) is 0.616. The second-order valence-corrected chi connectivity index (χ2v) is 5.60. The molecule has 4 aromatic rings. The predicted octanol–water partition coefficient (Wildman–Crippen LogP) is 2.81. The molecule has 0 spiro atoms. The summed E-state index contributed by atoms with van der Waals surface area (Å²) in [6.45, 7) is 0. The molecule has 0 aliphatic carbocycles. The van der Waals surface area contributed by atoms with Gasteiger partial charge in [-0.15, -0.1) is 0 Å². The van der Waals surface area contributed by atoms with Crippen LogP contribution in [0.3, 0.4) is 0 Å². The smallest absolute Gasteiger partial charge is 0.270 e. The van der Waals surface area contributed by atoms with Crippen molar-refractivity contribution in [1.29, 1.82) is 0 Å². The molecular formula is C19H14N4O3. The Hall–Kier alpha value is -3.74. The van der Waals surface area contributed by atoms with E-state index in [1.807, 2.05) is 30.3 Å². The maximum atomic E-state index is 12.6. The standard InChI is InChI=1S/C19H14N4O3/c1-26-16-5-3-9-23-18(16)22-17(14(11-24)19(23)25)21-13-6-7-15-12(10-13)4-2-8-20-15/h2-11,21H,1H3. The molecule has 0 aliphatic rings. The van der Waals surface area contributed by atoms with E-state index in [2.05, 4.69) is 15.3 Å². The van der Waals surface area contributed by atoms with E-state index in [0.717, 1.165) is 10.9 Å². The molecule has 128 valence electrons. The van der Waals surface area contributed by atoms with Gasteiger partial charge in [0.1, 0.15) is 11.4 Å². The minimum absolute atomic E-state index is 0.0537. The average molecular weight is 346 g/mol. The van der Waals surface area contributed by atoms with Gasteiger partial charge in [0.15, 0.2) is 17.7 Å². The van der Waals surface area contributed by atoms with Crippen molar-refractivity contribution in [3.63, 3.8) is 0 Å². The molecule has 4 rings (SSSR count). The van der Waals surface area contributed by atoms with Gasteiger partial charge >= 0.3 is 0 Å². The third-order valence-corrected chi connectivity index (χ3v) is 4.06.